The van der Waals surface area contributed by atoms with Crippen LogP contribution in [0.4, 0.5) is 0 Å². The summed E-state index contributed by atoms with van der Waals surface area (Å²) in [6, 6.07) is 0. The first-order valence-corrected chi connectivity index (χ1v) is 12.5. The Balaban J connectivity index is 1.78. The Morgan fingerprint density at radius 3 is 1.90 bits per heavy atom. The Morgan fingerprint density at radius 1 is 0.833 bits per heavy atom. The van der Waals surface area contributed by atoms with Crippen molar-refractivity contribution in [3.8, 4) is 0 Å². The molecule has 0 saturated carbocycles. The van der Waals surface area contributed by atoms with E-state index in [9.17, 15) is 15.3 Å². The van der Waals surface area contributed by atoms with Crippen LogP contribution in [0.1, 0.15) is 103 Å². The van der Waals surface area contributed by atoms with Gasteiger partial charge in [0.2, 0.25) is 0 Å². The smallest absolute Gasteiger partial charge is 0.114 e. The summed E-state index contributed by atoms with van der Waals surface area (Å²) in [6.45, 7) is 2.99. The fourth-order valence-corrected chi connectivity index (χ4v) is 3.93. The van der Waals surface area contributed by atoms with Crippen LogP contribution >= 0.6 is 0 Å². The summed E-state index contributed by atoms with van der Waals surface area (Å²) in [4.78, 5) is 0. The van der Waals surface area contributed by atoms with E-state index in [2.05, 4.69) is 19.1 Å². The van der Waals surface area contributed by atoms with Crippen molar-refractivity contribution in [2.24, 2.45) is 0 Å². The summed E-state index contributed by atoms with van der Waals surface area (Å²) in [5.74, 6) is 0. The first kappa shape index (κ1) is 27.6. The molecule has 4 atom stereocenters. The highest BCUT2D eigenvalue weighted by Gasteiger charge is 2.39. The van der Waals surface area contributed by atoms with E-state index in [1.54, 1.807) is 0 Å². The van der Waals surface area contributed by atoms with Gasteiger partial charge in [0.25, 0.3) is 0 Å². The van der Waals surface area contributed by atoms with Gasteiger partial charge in [-0.25, -0.2) is 0 Å². The number of hydrogen-bond acceptors (Lipinski definition) is 5. The van der Waals surface area contributed by atoms with Crippen LogP contribution in [0.25, 0.3) is 0 Å². The SMILES string of the molecule is CCCCCCCCCCCCCCC/C=C/CCOC[C@H](O)[C@H]1OC[C@@H](O)[C@H]1O. The highest BCUT2D eigenvalue weighted by molar-refractivity contribution is 4.88. The molecule has 5 heteroatoms. The monoisotopic (exact) mass is 428 g/mol. The minimum absolute atomic E-state index is 0.0603. The van der Waals surface area contributed by atoms with Gasteiger partial charge < -0.3 is 24.8 Å². The van der Waals surface area contributed by atoms with E-state index in [-0.39, 0.29) is 13.2 Å². The molecule has 0 aromatic carbocycles. The molecule has 1 rings (SSSR count). The third-order valence-corrected chi connectivity index (χ3v) is 5.93. The molecule has 0 spiro atoms. The molecule has 0 unspecified atom stereocenters. The molecule has 0 aromatic rings. The Labute approximate surface area is 184 Å². The lowest BCUT2D eigenvalue weighted by molar-refractivity contribution is -0.0806. The van der Waals surface area contributed by atoms with Crippen molar-refractivity contribution >= 4 is 0 Å². The highest BCUT2D eigenvalue weighted by atomic mass is 16.5. The van der Waals surface area contributed by atoms with Crippen LogP contribution in [0.5, 0.6) is 0 Å². The molecule has 1 aliphatic rings. The van der Waals surface area contributed by atoms with Gasteiger partial charge in [-0.2, -0.15) is 0 Å². The van der Waals surface area contributed by atoms with Crippen molar-refractivity contribution in [2.75, 3.05) is 19.8 Å². The number of rotatable bonds is 20. The predicted molar refractivity (Wildman–Crippen MR) is 123 cm³/mol. The number of allylic oxidation sites excluding steroid dienone is 1. The predicted octanol–water partition coefficient (Wildman–Crippen LogP) is 4.91. The van der Waals surface area contributed by atoms with Gasteiger partial charge in [0.1, 0.15) is 24.4 Å². The molecule has 178 valence electrons. The van der Waals surface area contributed by atoms with Gasteiger partial charge in [-0.05, 0) is 19.3 Å². The summed E-state index contributed by atoms with van der Waals surface area (Å²) in [5, 5.41) is 29.0. The van der Waals surface area contributed by atoms with Gasteiger partial charge in [-0.15, -0.1) is 0 Å². The molecule has 30 heavy (non-hydrogen) atoms. The Morgan fingerprint density at radius 2 is 1.37 bits per heavy atom. The molecule has 1 fully saturated rings. The van der Waals surface area contributed by atoms with Gasteiger partial charge in [0, 0.05) is 0 Å². The second kappa shape index (κ2) is 19.2. The largest absolute Gasteiger partial charge is 0.388 e. The van der Waals surface area contributed by atoms with Crippen LogP contribution in [0, 0.1) is 0 Å². The lowest BCUT2D eigenvalue weighted by Crippen LogP contribution is -2.40. The van der Waals surface area contributed by atoms with Gasteiger partial charge in [0.15, 0.2) is 0 Å². The zero-order valence-electron chi connectivity index (χ0n) is 19.4. The Hall–Kier alpha value is -0.460. The highest BCUT2D eigenvalue weighted by Crippen LogP contribution is 2.18. The molecule has 1 saturated heterocycles. The van der Waals surface area contributed by atoms with Crippen molar-refractivity contribution in [1.29, 1.82) is 0 Å². The van der Waals surface area contributed by atoms with Crippen LogP contribution in [-0.2, 0) is 9.47 Å². The van der Waals surface area contributed by atoms with Gasteiger partial charge in [-0.3, -0.25) is 0 Å². The third-order valence-electron chi connectivity index (χ3n) is 5.93. The van der Waals surface area contributed by atoms with Crippen molar-refractivity contribution in [1.82, 2.24) is 0 Å². The molecule has 0 aromatic heterocycles. The molecule has 0 amide bonds. The fraction of sp³-hybridized carbons (Fsp3) is 0.920. The quantitative estimate of drug-likeness (QED) is 0.190. The molecule has 0 bridgehead atoms. The normalized spacial score (nSPS) is 22.9. The summed E-state index contributed by atoms with van der Waals surface area (Å²) < 4.78 is 10.6. The molecule has 0 radical (unpaired) electrons. The lowest BCUT2D eigenvalue weighted by Gasteiger charge is -2.20. The zero-order valence-corrected chi connectivity index (χ0v) is 19.4. The molecule has 5 nitrogen and oxygen atoms in total. The van der Waals surface area contributed by atoms with Crippen LogP contribution in [0.15, 0.2) is 12.2 Å². The van der Waals surface area contributed by atoms with Gasteiger partial charge in [0.05, 0.1) is 19.8 Å². The standard InChI is InChI=1S/C25H48O5/c1-2-3-4-5-6-7-8-9-10-11-12-13-14-15-16-17-18-19-29-20-23(27)25-24(28)22(26)21-30-25/h16-17,22-28H,2-15,18-21H2,1H3/b17-16+/t22-,23+,24-,25-/m1/s1. The van der Waals surface area contributed by atoms with E-state index in [0.717, 1.165) is 12.8 Å². The minimum Gasteiger partial charge on any atom is -0.388 e. The maximum Gasteiger partial charge on any atom is 0.114 e. The second-order valence-electron chi connectivity index (χ2n) is 8.79. The zero-order chi connectivity index (χ0) is 21.9. The molecule has 3 N–H and O–H groups in total. The van der Waals surface area contributed by atoms with Crippen LogP contribution in [-0.4, -0.2) is 59.6 Å². The van der Waals surface area contributed by atoms with E-state index >= 15 is 0 Å². The molecular weight excluding hydrogens is 380 g/mol. The van der Waals surface area contributed by atoms with Crippen molar-refractivity contribution in [3.63, 3.8) is 0 Å². The number of unbranched alkanes of at least 4 members (excludes halogenated alkanes) is 13. The van der Waals surface area contributed by atoms with Crippen LogP contribution < -0.4 is 0 Å². The summed E-state index contributed by atoms with van der Waals surface area (Å²) in [6.07, 6.45) is 20.7. The van der Waals surface area contributed by atoms with E-state index < -0.39 is 24.4 Å². The number of ether oxygens (including phenoxy) is 2. The summed E-state index contributed by atoms with van der Waals surface area (Å²) in [7, 11) is 0. The van der Waals surface area contributed by atoms with Crippen molar-refractivity contribution < 1.29 is 24.8 Å². The van der Waals surface area contributed by atoms with E-state index in [1.807, 2.05) is 0 Å². The first-order valence-electron chi connectivity index (χ1n) is 12.5. The molecule has 1 heterocycles. The summed E-state index contributed by atoms with van der Waals surface area (Å²) in [5.41, 5.74) is 0. The average Bonchev–Trinajstić information content (AvgIpc) is 3.08. The maximum atomic E-state index is 9.94. The van der Waals surface area contributed by atoms with E-state index in [4.69, 9.17) is 9.47 Å². The number of aliphatic hydroxyl groups is 3. The van der Waals surface area contributed by atoms with E-state index in [1.165, 1.54) is 83.5 Å². The third kappa shape index (κ3) is 13.8. The van der Waals surface area contributed by atoms with E-state index in [0.29, 0.717) is 6.61 Å². The van der Waals surface area contributed by atoms with Gasteiger partial charge in [-0.1, -0.05) is 96.1 Å². The number of aliphatic hydroxyl groups excluding tert-OH is 3. The van der Waals surface area contributed by atoms with Crippen LogP contribution in [0.3, 0.4) is 0 Å². The second-order valence-corrected chi connectivity index (χ2v) is 8.79. The van der Waals surface area contributed by atoms with Crippen LogP contribution in [0.2, 0.25) is 0 Å². The first-order chi connectivity index (χ1) is 14.7. The molecular formula is C25H48O5. The average molecular weight is 429 g/mol. The molecule has 0 aliphatic carbocycles. The topological polar surface area (TPSA) is 79.2 Å². The summed E-state index contributed by atoms with van der Waals surface area (Å²) >= 11 is 0. The minimum atomic E-state index is -1.04. The number of hydrogen-bond donors (Lipinski definition) is 3. The van der Waals surface area contributed by atoms with Crippen molar-refractivity contribution in [2.45, 2.75) is 128 Å². The van der Waals surface area contributed by atoms with Gasteiger partial charge >= 0.3 is 0 Å². The molecule has 1 aliphatic heterocycles. The van der Waals surface area contributed by atoms with Crippen molar-refractivity contribution in [3.05, 3.63) is 12.2 Å². The lowest BCUT2D eigenvalue weighted by atomic mass is 10.0. The maximum absolute atomic E-state index is 9.94. The fourth-order valence-electron chi connectivity index (χ4n) is 3.93. The Kier molecular flexibility index (Phi) is 17.7. The Bertz CT molecular complexity index is 401.